The molecular formula is C19H25N3O2. The summed E-state index contributed by atoms with van der Waals surface area (Å²) in [5.74, 6) is 1.05. The van der Waals surface area contributed by atoms with Gasteiger partial charge in [0.2, 0.25) is 0 Å². The van der Waals surface area contributed by atoms with Crippen molar-refractivity contribution >= 4 is 0 Å². The SMILES string of the molecule is c1cncc(CN2CCOC3(CCN(Cc4ccco4)CC3)C2)c1. The van der Waals surface area contributed by atoms with Gasteiger partial charge in [-0.2, -0.15) is 0 Å². The van der Waals surface area contributed by atoms with Gasteiger partial charge in [0.1, 0.15) is 5.76 Å². The molecule has 0 bridgehead atoms. The van der Waals surface area contributed by atoms with Crippen molar-refractivity contribution in [3.8, 4) is 0 Å². The third-order valence-corrected chi connectivity index (χ3v) is 5.18. The first-order chi connectivity index (χ1) is 11.8. The molecule has 0 N–H and O–H groups in total. The number of likely N-dealkylation sites (tertiary alicyclic amines) is 1. The van der Waals surface area contributed by atoms with Gasteiger partial charge in [0, 0.05) is 45.1 Å². The monoisotopic (exact) mass is 327 g/mol. The van der Waals surface area contributed by atoms with Crippen LogP contribution in [0.15, 0.2) is 47.3 Å². The van der Waals surface area contributed by atoms with E-state index in [9.17, 15) is 0 Å². The van der Waals surface area contributed by atoms with Crippen molar-refractivity contribution in [1.29, 1.82) is 0 Å². The van der Waals surface area contributed by atoms with E-state index in [1.54, 1.807) is 6.26 Å². The summed E-state index contributed by atoms with van der Waals surface area (Å²) in [6.07, 6.45) is 7.74. The van der Waals surface area contributed by atoms with Crippen molar-refractivity contribution < 1.29 is 9.15 Å². The van der Waals surface area contributed by atoms with Gasteiger partial charge >= 0.3 is 0 Å². The van der Waals surface area contributed by atoms with E-state index in [1.165, 1.54) is 5.56 Å². The second-order valence-electron chi connectivity index (χ2n) is 6.96. The van der Waals surface area contributed by atoms with Crippen LogP contribution in [0.2, 0.25) is 0 Å². The molecule has 128 valence electrons. The van der Waals surface area contributed by atoms with Crippen LogP contribution in [0.5, 0.6) is 0 Å². The fraction of sp³-hybridized carbons (Fsp3) is 0.526. The molecular weight excluding hydrogens is 302 g/mol. The van der Waals surface area contributed by atoms with Crippen molar-refractivity contribution in [3.05, 3.63) is 54.2 Å². The van der Waals surface area contributed by atoms with Gasteiger partial charge in [-0.05, 0) is 36.6 Å². The maximum atomic E-state index is 6.25. The van der Waals surface area contributed by atoms with Crippen LogP contribution >= 0.6 is 0 Å². The van der Waals surface area contributed by atoms with Crippen LogP contribution in [-0.2, 0) is 17.8 Å². The zero-order valence-electron chi connectivity index (χ0n) is 14.1. The van der Waals surface area contributed by atoms with Crippen LogP contribution < -0.4 is 0 Å². The minimum Gasteiger partial charge on any atom is -0.468 e. The smallest absolute Gasteiger partial charge is 0.117 e. The zero-order chi connectivity index (χ0) is 16.2. The molecule has 0 amide bonds. The van der Waals surface area contributed by atoms with Crippen molar-refractivity contribution in [2.45, 2.75) is 31.5 Å². The topological polar surface area (TPSA) is 41.7 Å². The van der Waals surface area contributed by atoms with Gasteiger partial charge in [-0.25, -0.2) is 0 Å². The van der Waals surface area contributed by atoms with Crippen LogP contribution in [0.25, 0.3) is 0 Å². The van der Waals surface area contributed by atoms with E-state index in [0.717, 1.165) is 64.5 Å². The number of pyridine rings is 1. The Morgan fingerprint density at radius 1 is 1.04 bits per heavy atom. The van der Waals surface area contributed by atoms with Gasteiger partial charge in [0.25, 0.3) is 0 Å². The molecule has 2 fully saturated rings. The van der Waals surface area contributed by atoms with Gasteiger partial charge in [-0.1, -0.05) is 6.07 Å². The lowest BCUT2D eigenvalue weighted by atomic mass is 9.89. The zero-order valence-corrected chi connectivity index (χ0v) is 14.1. The summed E-state index contributed by atoms with van der Waals surface area (Å²) in [4.78, 5) is 9.21. The number of ether oxygens (including phenoxy) is 1. The molecule has 2 saturated heterocycles. The van der Waals surface area contributed by atoms with Crippen LogP contribution in [0, 0.1) is 0 Å². The maximum absolute atomic E-state index is 6.25. The van der Waals surface area contributed by atoms with Gasteiger partial charge < -0.3 is 9.15 Å². The molecule has 0 aliphatic carbocycles. The number of nitrogens with zero attached hydrogens (tertiary/aromatic N) is 3. The van der Waals surface area contributed by atoms with Crippen LogP contribution in [0.1, 0.15) is 24.2 Å². The van der Waals surface area contributed by atoms with Crippen molar-refractivity contribution in [1.82, 2.24) is 14.8 Å². The van der Waals surface area contributed by atoms with Gasteiger partial charge in [-0.3, -0.25) is 14.8 Å². The highest BCUT2D eigenvalue weighted by molar-refractivity contribution is 5.09. The minimum atomic E-state index is 0.0279. The Hall–Kier alpha value is -1.69. The highest BCUT2D eigenvalue weighted by Crippen LogP contribution is 2.31. The fourth-order valence-corrected chi connectivity index (χ4v) is 3.85. The van der Waals surface area contributed by atoms with E-state index in [-0.39, 0.29) is 5.60 Å². The summed E-state index contributed by atoms with van der Waals surface area (Å²) in [5, 5.41) is 0. The molecule has 2 aliphatic heterocycles. The summed E-state index contributed by atoms with van der Waals surface area (Å²) in [5.41, 5.74) is 1.31. The normalized spacial score (nSPS) is 22.0. The maximum Gasteiger partial charge on any atom is 0.117 e. The van der Waals surface area contributed by atoms with E-state index in [1.807, 2.05) is 24.5 Å². The van der Waals surface area contributed by atoms with E-state index < -0.39 is 0 Å². The molecule has 0 aromatic carbocycles. The predicted octanol–water partition coefficient (Wildman–Crippen LogP) is 2.54. The Morgan fingerprint density at radius 3 is 2.71 bits per heavy atom. The molecule has 24 heavy (non-hydrogen) atoms. The van der Waals surface area contributed by atoms with Crippen LogP contribution in [-0.4, -0.2) is 53.2 Å². The van der Waals surface area contributed by atoms with Crippen molar-refractivity contribution in [2.24, 2.45) is 0 Å². The third-order valence-electron chi connectivity index (χ3n) is 5.18. The summed E-state index contributed by atoms with van der Waals surface area (Å²) in [6, 6.07) is 8.18. The molecule has 4 rings (SSSR count). The lowest BCUT2D eigenvalue weighted by molar-refractivity contribution is -0.138. The molecule has 5 nitrogen and oxygen atoms in total. The van der Waals surface area contributed by atoms with E-state index in [4.69, 9.17) is 9.15 Å². The first kappa shape index (κ1) is 15.8. The Bertz CT molecular complexity index is 621. The number of morpholine rings is 1. The average Bonchev–Trinajstić information content (AvgIpc) is 3.11. The van der Waals surface area contributed by atoms with Gasteiger partial charge in [-0.15, -0.1) is 0 Å². The lowest BCUT2D eigenvalue weighted by Gasteiger charge is -2.47. The lowest BCUT2D eigenvalue weighted by Crippen LogP contribution is -2.56. The molecule has 1 spiro atoms. The molecule has 2 aromatic rings. The summed E-state index contributed by atoms with van der Waals surface area (Å²) in [7, 11) is 0. The predicted molar refractivity (Wildman–Crippen MR) is 91.4 cm³/mol. The standard InChI is InChI=1S/C19H25N3O2/c1-3-17(13-20-7-1)14-22-10-12-24-19(16-22)5-8-21(9-6-19)15-18-4-2-11-23-18/h1-4,7,11,13H,5-6,8-10,12,14-16H2. The molecule has 0 saturated carbocycles. The Balaban J connectivity index is 1.32. The molecule has 0 atom stereocenters. The van der Waals surface area contributed by atoms with Crippen molar-refractivity contribution in [2.75, 3.05) is 32.8 Å². The minimum absolute atomic E-state index is 0.0279. The van der Waals surface area contributed by atoms with E-state index in [0.29, 0.717) is 0 Å². The Morgan fingerprint density at radius 2 is 1.96 bits per heavy atom. The molecule has 0 radical (unpaired) electrons. The first-order valence-electron chi connectivity index (χ1n) is 8.81. The first-order valence-corrected chi connectivity index (χ1v) is 8.81. The van der Waals surface area contributed by atoms with Gasteiger partial charge in [0.15, 0.2) is 0 Å². The van der Waals surface area contributed by atoms with Gasteiger partial charge in [0.05, 0.1) is 25.0 Å². The Kier molecular flexibility index (Phi) is 4.65. The molecule has 2 aromatic heterocycles. The quantitative estimate of drug-likeness (QED) is 0.863. The van der Waals surface area contributed by atoms with Crippen LogP contribution in [0.3, 0.4) is 0 Å². The number of aromatic nitrogens is 1. The molecule has 0 unspecified atom stereocenters. The molecule has 4 heterocycles. The van der Waals surface area contributed by atoms with E-state index in [2.05, 4.69) is 26.9 Å². The number of hydrogen-bond donors (Lipinski definition) is 0. The number of furan rings is 1. The second kappa shape index (κ2) is 7.05. The number of hydrogen-bond acceptors (Lipinski definition) is 5. The number of rotatable bonds is 4. The highest BCUT2D eigenvalue weighted by atomic mass is 16.5. The summed E-state index contributed by atoms with van der Waals surface area (Å²) in [6.45, 7) is 6.88. The summed E-state index contributed by atoms with van der Waals surface area (Å²) >= 11 is 0. The van der Waals surface area contributed by atoms with Crippen LogP contribution in [0.4, 0.5) is 0 Å². The third kappa shape index (κ3) is 3.69. The average molecular weight is 327 g/mol. The largest absolute Gasteiger partial charge is 0.468 e. The fourth-order valence-electron chi connectivity index (χ4n) is 3.85. The van der Waals surface area contributed by atoms with Crippen molar-refractivity contribution in [3.63, 3.8) is 0 Å². The highest BCUT2D eigenvalue weighted by Gasteiger charge is 2.39. The second-order valence-corrected chi connectivity index (χ2v) is 6.96. The number of piperidine rings is 1. The summed E-state index contributed by atoms with van der Waals surface area (Å²) < 4.78 is 11.7. The van der Waals surface area contributed by atoms with E-state index >= 15 is 0 Å². The Labute approximate surface area is 143 Å². The molecule has 5 heteroatoms. The molecule has 2 aliphatic rings.